The molecule has 0 bridgehead atoms. The zero-order valence-corrected chi connectivity index (χ0v) is 12.7. The monoisotopic (exact) mass is 287 g/mol. The van der Waals surface area contributed by atoms with Gasteiger partial charge in [-0.2, -0.15) is 0 Å². The molecule has 0 heterocycles. The first-order valence-electron chi connectivity index (χ1n) is 7.81. The second-order valence-corrected chi connectivity index (χ2v) is 5.44. The van der Waals surface area contributed by atoms with Crippen LogP contribution in [0.25, 0.3) is 11.1 Å². The van der Waals surface area contributed by atoms with Crippen molar-refractivity contribution in [3.05, 3.63) is 96.1 Å². The highest BCUT2D eigenvalue weighted by Crippen LogP contribution is 2.23. The van der Waals surface area contributed by atoms with Crippen LogP contribution in [0.15, 0.2) is 84.9 Å². The van der Waals surface area contributed by atoms with Crippen molar-refractivity contribution >= 4 is 0 Å². The molecule has 0 atom stereocenters. The SMILES string of the molecule is c1ccc(CCNCc2ccccc2-c2ccccc2)cc1. The molecule has 110 valence electrons. The topological polar surface area (TPSA) is 12.0 Å². The van der Waals surface area contributed by atoms with Gasteiger partial charge >= 0.3 is 0 Å². The predicted octanol–water partition coefficient (Wildman–Crippen LogP) is 4.69. The first-order chi connectivity index (χ1) is 10.9. The van der Waals surface area contributed by atoms with Gasteiger partial charge in [-0.1, -0.05) is 84.9 Å². The molecule has 1 N–H and O–H groups in total. The van der Waals surface area contributed by atoms with E-state index >= 15 is 0 Å². The summed E-state index contributed by atoms with van der Waals surface area (Å²) in [6, 6.07) is 29.8. The number of hydrogen-bond acceptors (Lipinski definition) is 1. The summed E-state index contributed by atoms with van der Waals surface area (Å²) in [5.74, 6) is 0. The van der Waals surface area contributed by atoms with Crippen LogP contribution in [-0.4, -0.2) is 6.54 Å². The molecule has 0 aromatic heterocycles. The van der Waals surface area contributed by atoms with E-state index in [2.05, 4.69) is 90.2 Å². The van der Waals surface area contributed by atoms with Gasteiger partial charge in [-0.3, -0.25) is 0 Å². The van der Waals surface area contributed by atoms with E-state index < -0.39 is 0 Å². The van der Waals surface area contributed by atoms with E-state index in [0.29, 0.717) is 0 Å². The second-order valence-electron chi connectivity index (χ2n) is 5.44. The maximum Gasteiger partial charge on any atom is 0.0211 e. The summed E-state index contributed by atoms with van der Waals surface area (Å²) in [6.07, 6.45) is 1.06. The van der Waals surface area contributed by atoms with Crippen molar-refractivity contribution in [2.45, 2.75) is 13.0 Å². The molecule has 3 aromatic rings. The Morgan fingerprint density at radius 2 is 1.27 bits per heavy atom. The zero-order chi connectivity index (χ0) is 15.0. The first kappa shape index (κ1) is 14.6. The van der Waals surface area contributed by atoms with Crippen molar-refractivity contribution in [2.75, 3.05) is 6.54 Å². The van der Waals surface area contributed by atoms with Crippen LogP contribution in [0.5, 0.6) is 0 Å². The molecular weight excluding hydrogens is 266 g/mol. The Kier molecular flexibility index (Phi) is 5.01. The lowest BCUT2D eigenvalue weighted by Gasteiger charge is -2.11. The summed E-state index contributed by atoms with van der Waals surface area (Å²) < 4.78 is 0. The molecule has 0 spiro atoms. The number of hydrogen-bond donors (Lipinski definition) is 1. The first-order valence-corrected chi connectivity index (χ1v) is 7.81. The third-order valence-corrected chi connectivity index (χ3v) is 3.85. The van der Waals surface area contributed by atoms with Gasteiger partial charge in [-0.05, 0) is 35.2 Å². The lowest BCUT2D eigenvalue weighted by Crippen LogP contribution is -2.17. The highest BCUT2D eigenvalue weighted by molar-refractivity contribution is 5.67. The smallest absolute Gasteiger partial charge is 0.0211 e. The highest BCUT2D eigenvalue weighted by Gasteiger charge is 2.03. The molecule has 1 heteroatoms. The largest absolute Gasteiger partial charge is 0.312 e. The van der Waals surface area contributed by atoms with Crippen LogP contribution in [0.3, 0.4) is 0 Å². The quantitative estimate of drug-likeness (QED) is 0.649. The van der Waals surface area contributed by atoms with Gasteiger partial charge in [0.2, 0.25) is 0 Å². The Bertz CT molecular complexity index is 689. The van der Waals surface area contributed by atoms with Gasteiger partial charge in [0.15, 0.2) is 0 Å². The molecule has 0 unspecified atom stereocenters. The molecule has 0 saturated carbocycles. The second kappa shape index (κ2) is 7.58. The summed E-state index contributed by atoms with van der Waals surface area (Å²) in [7, 11) is 0. The van der Waals surface area contributed by atoms with E-state index in [9.17, 15) is 0 Å². The maximum atomic E-state index is 3.56. The fraction of sp³-hybridized carbons (Fsp3) is 0.143. The number of rotatable bonds is 6. The van der Waals surface area contributed by atoms with Crippen LogP contribution in [-0.2, 0) is 13.0 Å². The summed E-state index contributed by atoms with van der Waals surface area (Å²) in [5, 5.41) is 3.56. The van der Waals surface area contributed by atoms with Crippen molar-refractivity contribution in [2.24, 2.45) is 0 Å². The molecule has 22 heavy (non-hydrogen) atoms. The van der Waals surface area contributed by atoms with Crippen molar-refractivity contribution in [3.63, 3.8) is 0 Å². The molecule has 0 saturated heterocycles. The zero-order valence-electron chi connectivity index (χ0n) is 12.7. The van der Waals surface area contributed by atoms with E-state index in [1.807, 2.05) is 0 Å². The number of nitrogens with one attached hydrogen (secondary N) is 1. The normalized spacial score (nSPS) is 10.5. The van der Waals surface area contributed by atoms with E-state index in [1.54, 1.807) is 0 Å². The molecule has 0 aliphatic rings. The van der Waals surface area contributed by atoms with E-state index in [0.717, 1.165) is 19.5 Å². The highest BCUT2D eigenvalue weighted by atomic mass is 14.8. The van der Waals surface area contributed by atoms with Gasteiger partial charge in [-0.15, -0.1) is 0 Å². The summed E-state index contributed by atoms with van der Waals surface area (Å²) in [5.41, 5.74) is 5.33. The minimum Gasteiger partial charge on any atom is -0.312 e. The van der Waals surface area contributed by atoms with Crippen molar-refractivity contribution in [3.8, 4) is 11.1 Å². The molecule has 1 nitrogen and oxygen atoms in total. The molecular formula is C21H21N. The lowest BCUT2D eigenvalue weighted by atomic mass is 10.00. The Morgan fingerprint density at radius 3 is 2.05 bits per heavy atom. The van der Waals surface area contributed by atoms with E-state index in [4.69, 9.17) is 0 Å². The van der Waals surface area contributed by atoms with Gasteiger partial charge in [0.1, 0.15) is 0 Å². The molecule has 0 aliphatic heterocycles. The molecule has 0 aliphatic carbocycles. The van der Waals surface area contributed by atoms with E-state index in [1.165, 1.54) is 22.3 Å². The Hall–Kier alpha value is -2.38. The third kappa shape index (κ3) is 3.84. The Labute approximate surface area is 132 Å². The third-order valence-electron chi connectivity index (χ3n) is 3.85. The Morgan fingerprint density at radius 1 is 0.636 bits per heavy atom. The predicted molar refractivity (Wildman–Crippen MR) is 93.7 cm³/mol. The van der Waals surface area contributed by atoms with Crippen LogP contribution in [0.4, 0.5) is 0 Å². The van der Waals surface area contributed by atoms with Crippen molar-refractivity contribution in [1.82, 2.24) is 5.32 Å². The van der Waals surface area contributed by atoms with Gasteiger partial charge in [0, 0.05) is 6.54 Å². The Balaban J connectivity index is 1.61. The molecule has 3 rings (SSSR count). The van der Waals surface area contributed by atoms with Gasteiger partial charge in [0.25, 0.3) is 0 Å². The molecule has 3 aromatic carbocycles. The van der Waals surface area contributed by atoms with Gasteiger partial charge in [0.05, 0.1) is 0 Å². The van der Waals surface area contributed by atoms with Crippen LogP contribution in [0, 0.1) is 0 Å². The molecule has 0 radical (unpaired) electrons. The average Bonchev–Trinajstić information content (AvgIpc) is 2.61. The fourth-order valence-corrected chi connectivity index (χ4v) is 2.67. The van der Waals surface area contributed by atoms with Crippen LogP contribution >= 0.6 is 0 Å². The van der Waals surface area contributed by atoms with E-state index in [-0.39, 0.29) is 0 Å². The standard InChI is InChI=1S/C21H21N/c1-3-9-18(10-4-1)15-16-22-17-20-13-7-8-14-21(20)19-11-5-2-6-12-19/h1-14,22H,15-17H2. The summed E-state index contributed by atoms with van der Waals surface area (Å²) in [6.45, 7) is 1.89. The van der Waals surface area contributed by atoms with Gasteiger partial charge in [-0.25, -0.2) is 0 Å². The minimum atomic E-state index is 0.901. The van der Waals surface area contributed by atoms with Crippen LogP contribution in [0.1, 0.15) is 11.1 Å². The van der Waals surface area contributed by atoms with Gasteiger partial charge < -0.3 is 5.32 Å². The minimum absolute atomic E-state index is 0.901. The maximum absolute atomic E-state index is 3.56. The lowest BCUT2D eigenvalue weighted by molar-refractivity contribution is 0.688. The number of benzene rings is 3. The molecule has 0 amide bonds. The van der Waals surface area contributed by atoms with Crippen LogP contribution in [0.2, 0.25) is 0 Å². The van der Waals surface area contributed by atoms with Crippen LogP contribution < -0.4 is 5.32 Å². The van der Waals surface area contributed by atoms with Crippen molar-refractivity contribution in [1.29, 1.82) is 0 Å². The summed E-state index contributed by atoms with van der Waals surface area (Å²) in [4.78, 5) is 0. The fourth-order valence-electron chi connectivity index (χ4n) is 2.67. The molecule has 0 fully saturated rings. The van der Waals surface area contributed by atoms with Crippen molar-refractivity contribution < 1.29 is 0 Å². The average molecular weight is 287 g/mol. The summed E-state index contributed by atoms with van der Waals surface area (Å²) >= 11 is 0.